The molecule has 2 heterocycles. The van der Waals surface area contributed by atoms with Crippen LogP contribution in [0.3, 0.4) is 0 Å². The highest BCUT2D eigenvalue weighted by molar-refractivity contribution is 7.99. The molecule has 3 rings (SSSR count). The van der Waals surface area contributed by atoms with Gasteiger partial charge >= 0.3 is 0 Å². The van der Waals surface area contributed by atoms with Crippen molar-refractivity contribution in [3.05, 3.63) is 18.2 Å². The van der Waals surface area contributed by atoms with Crippen LogP contribution in [0.2, 0.25) is 0 Å². The second-order valence-corrected chi connectivity index (χ2v) is 5.96. The number of primary amides is 1. The third-order valence-corrected chi connectivity index (χ3v) is 4.37. The molecule has 0 aliphatic carbocycles. The standard InChI is InChI=1S/C15H18N4O3S/c1-2-19-14(17-18-15(19)23-9-13(16)20)10-4-5-11-12(8-10)22-7-3-6-21-11/h4-5,8H,2-3,6-7,9H2,1H3,(H2,16,20). The number of rotatable bonds is 5. The van der Waals surface area contributed by atoms with Crippen LogP contribution >= 0.6 is 11.8 Å². The summed E-state index contributed by atoms with van der Waals surface area (Å²) >= 11 is 1.29. The van der Waals surface area contributed by atoms with E-state index in [2.05, 4.69) is 10.2 Å². The van der Waals surface area contributed by atoms with Gasteiger partial charge in [-0.05, 0) is 25.1 Å². The Morgan fingerprint density at radius 1 is 1.30 bits per heavy atom. The fourth-order valence-corrected chi connectivity index (χ4v) is 3.07. The zero-order chi connectivity index (χ0) is 16.2. The fourth-order valence-electron chi connectivity index (χ4n) is 2.33. The maximum atomic E-state index is 11.0. The molecule has 0 spiro atoms. The molecule has 0 saturated carbocycles. The Hall–Kier alpha value is -2.22. The van der Waals surface area contributed by atoms with E-state index in [0.717, 1.165) is 29.3 Å². The smallest absolute Gasteiger partial charge is 0.227 e. The SMILES string of the molecule is CCn1c(SCC(N)=O)nnc1-c1ccc2c(c1)OCCCO2. The van der Waals surface area contributed by atoms with Gasteiger partial charge in [0.1, 0.15) is 0 Å². The van der Waals surface area contributed by atoms with Gasteiger partial charge in [0, 0.05) is 18.5 Å². The van der Waals surface area contributed by atoms with E-state index < -0.39 is 0 Å². The lowest BCUT2D eigenvalue weighted by atomic mass is 10.2. The molecule has 1 amide bonds. The Bertz CT molecular complexity index is 717. The van der Waals surface area contributed by atoms with E-state index in [0.29, 0.717) is 24.9 Å². The van der Waals surface area contributed by atoms with Crippen molar-refractivity contribution < 1.29 is 14.3 Å². The topological polar surface area (TPSA) is 92.3 Å². The number of nitrogens with zero attached hydrogens (tertiary/aromatic N) is 3. The molecule has 7 nitrogen and oxygen atoms in total. The minimum atomic E-state index is -0.377. The molecule has 0 radical (unpaired) electrons. The van der Waals surface area contributed by atoms with Crippen molar-refractivity contribution in [2.45, 2.75) is 25.0 Å². The van der Waals surface area contributed by atoms with Crippen molar-refractivity contribution in [1.29, 1.82) is 0 Å². The minimum absolute atomic E-state index is 0.180. The summed E-state index contributed by atoms with van der Waals surface area (Å²) in [6.45, 7) is 3.99. The van der Waals surface area contributed by atoms with Crippen molar-refractivity contribution in [3.63, 3.8) is 0 Å². The molecule has 2 aromatic rings. The lowest BCUT2D eigenvalue weighted by molar-refractivity contribution is -0.115. The molecule has 0 unspecified atom stereocenters. The first-order valence-corrected chi connectivity index (χ1v) is 8.42. The molecule has 0 fully saturated rings. The van der Waals surface area contributed by atoms with E-state index in [1.807, 2.05) is 29.7 Å². The summed E-state index contributed by atoms with van der Waals surface area (Å²) in [5.41, 5.74) is 6.09. The Labute approximate surface area is 138 Å². The van der Waals surface area contributed by atoms with Gasteiger partial charge in [-0.25, -0.2) is 0 Å². The van der Waals surface area contributed by atoms with Gasteiger partial charge in [-0.1, -0.05) is 11.8 Å². The van der Waals surface area contributed by atoms with Gasteiger partial charge in [-0.3, -0.25) is 4.79 Å². The molecule has 1 aliphatic rings. The van der Waals surface area contributed by atoms with Gasteiger partial charge in [-0.2, -0.15) is 0 Å². The van der Waals surface area contributed by atoms with Gasteiger partial charge in [0.2, 0.25) is 5.91 Å². The van der Waals surface area contributed by atoms with Gasteiger partial charge in [0.15, 0.2) is 22.5 Å². The average molecular weight is 334 g/mol. The molecule has 1 aromatic carbocycles. The minimum Gasteiger partial charge on any atom is -0.490 e. The molecule has 1 aliphatic heterocycles. The molecule has 23 heavy (non-hydrogen) atoms. The lowest BCUT2D eigenvalue weighted by Crippen LogP contribution is -2.13. The third kappa shape index (κ3) is 3.42. The molecule has 8 heteroatoms. The number of nitrogens with two attached hydrogens (primary N) is 1. The molecule has 2 N–H and O–H groups in total. The average Bonchev–Trinajstić information content (AvgIpc) is 2.81. The second kappa shape index (κ2) is 6.91. The summed E-state index contributed by atoms with van der Waals surface area (Å²) in [7, 11) is 0. The van der Waals surface area contributed by atoms with E-state index in [9.17, 15) is 4.79 Å². The van der Waals surface area contributed by atoms with Gasteiger partial charge in [0.05, 0.1) is 19.0 Å². The number of hydrogen-bond acceptors (Lipinski definition) is 6. The number of amides is 1. The van der Waals surface area contributed by atoms with Crippen LogP contribution in [0.25, 0.3) is 11.4 Å². The largest absolute Gasteiger partial charge is 0.490 e. The number of ether oxygens (including phenoxy) is 2. The van der Waals surface area contributed by atoms with Gasteiger partial charge < -0.3 is 19.8 Å². The van der Waals surface area contributed by atoms with Crippen LogP contribution in [0.5, 0.6) is 11.5 Å². The molecular formula is C15H18N4O3S. The quantitative estimate of drug-likeness (QED) is 0.837. The van der Waals surface area contributed by atoms with Crippen LogP contribution in [0.4, 0.5) is 0 Å². The third-order valence-electron chi connectivity index (χ3n) is 3.38. The number of hydrogen-bond donors (Lipinski definition) is 1. The molecular weight excluding hydrogens is 316 g/mol. The Kier molecular flexibility index (Phi) is 4.71. The van der Waals surface area contributed by atoms with Crippen LogP contribution in [0, 0.1) is 0 Å². The maximum Gasteiger partial charge on any atom is 0.227 e. The van der Waals surface area contributed by atoms with Crippen molar-refractivity contribution in [2.24, 2.45) is 5.73 Å². The van der Waals surface area contributed by atoms with Crippen LogP contribution in [0.15, 0.2) is 23.4 Å². The summed E-state index contributed by atoms with van der Waals surface area (Å²) in [5.74, 6) is 2.00. The van der Waals surface area contributed by atoms with Crippen LogP contribution in [-0.4, -0.2) is 39.6 Å². The molecule has 0 bridgehead atoms. The lowest BCUT2D eigenvalue weighted by Gasteiger charge is -2.10. The van der Waals surface area contributed by atoms with E-state index in [4.69, 9.17) is 15.2 Å². The van der Waals surface area contributed by atoms with Crippen molar-refractivity contribution in [1.82, 2.24) is 14.8 Å². The summed E-state index contributed by atoms with van der Waals surface area (Å²) in [5, 5.41) is 9.09. The Morgan fingerprint density at radius 3 is 2.83 bits per heavy atom. The number of fused-ring (bicyclic) bond motifs is 1. The van der Waals surface area contributed by atoms with Crippen molar-refractivity contribution in [3.8, 4) is 22.9 Å². The van der Waals surface area contributed by atoms with Gasteiger partial charge in [-0.15, -0.1) is 10.2 Å². The molecule has 0 saturated heterocycles. The number of aromatic nitrogens is 3. The number of benzene rings is 1. The molecule has 1 aromatic heterocycles. The van der Waals surface area contributed by atoms with Crippen molar-refractivity contribution in [2.75, 3.05) is 19.0 Å². The van der Waals surface area contributed by atoms with Gasteiger partial charge in [0.25, 0.3) is 0 Å². The number of thioether (sulfide) groups is 1. The zero-order valence-corrected chi connectivity index (χ0v) is 13.6. The monoisotopic (exact) mass is 334 g/mol. The summed E-state index contributed by atoms with van der Waals surface area (Å²) in [4.78, 5) is 11.0. The highest BCUT2D eigenvalue weighted by Crippen LogP contribution is 2.34. The first-order chi connectivity index (χ1) is 11.2. The normalized spacial score (nSPS) is 13.6. The Balaban J connectivity index is 1.92. The second-order valence-electron chi connectivity index (χ2n) is 5.02. The first kappa shape index (κ1) is 15.7. The van der Waals surface area contributed by atoms with E-state index in [1.54, 1.807) is 0 Å². The maximum absolute atomic E-state index is 11.0. The highest BCUT2D eigenvalue weighted by Gasteiger charge is 2.17. The van der Waals surface area contributed by atoms with Crippen molar-refractivity contribution >= 4 is 17.7 Å². The van der Waals surface area contributed by atoms with E-state index in [-0.39, 0.29) is 11.7 Å². The highest BCUT2D eigenvalue weighted by atomic mass is 32.2. The Morgan fingerprint density at radius 2 is 2.09 bits per heavy atom. The summed E-state index contributed by atoms with van der Waals surface area (Å²) in [6, 6.07) is 5.74. The van der Waals surface area contributed by atoms with Crippen LogP contribution in [0.1, 0.15) is 13.3 Å². The van der Waals surface area contributed by atoms with Crippen LogP contribution in [-0.2, 0) is 11.3 Å². The zero-order valence-electron chi connectivity index (χ0n) is 12.8. The number of carbonyl (C=O) groups is 1. The first-order valence-electron chi connectivity index (χ1n) is 7.43. The summed E-state index contributed by atoms with van der Waals surface area (Å²) < 4.78 is 13.3. The number of carbonyl (C=O) groups excluding carboxylic acids is 1. The molecule has 122 valence electrons. The van der Waals surface area contributed by atoms with E-state index >= 15 is 0 Å². The van der Waals surface area contributed by atoms with Crippen LogP contribution < -0.4 is 15.2 Å². The predicted octanol–water partition coefficient (Wildman–Crippen LogP) is 1.70. The predicted molar refractivity (Wildman–Crippen MR) is 86.7 cm³/mol. The van der Waals surface area contributed by atoms with E-state index in [1.165, 1.54) is 11.8 Å². The summed E-state index contributed by atoms with van der Waals surface area (Å²) in [6.07, 6.45) is 0.864. The fraction of sp³-hybridized carbons (Fsp3) is 0.400. The molecule has 0 atom stereocenters.